The third-order valence-corrected chi connectivity index (χ3v) is 4.58. The first-order valence-electron chi connectivity index (χ1n) is 5.13. The summed E-state index contributed by atoms with van der Waals surface area (Å²) in [5.74, 6) is -2.41. The highest BCUT2D eigenvalue weighted by atomic mass is 32.2. The van der Waals surface area contributed by atoms with Crippen LogP contribution in [-0.2, 0) is 10.0 Å². The zero-order chi connectivity index (χ0) is 13.5. The highest BCUT2D eigenvalue weighted by Crippen LogP contribution is 2.22. The van der Waals surface area contributed by atoms with Crippen molar-refractivity contribution in [1.82, 2.24) is 4.31 Å². The second-order valence-corrected chi connectivity index (χ2v) is 5.97. The lowest BCUT2D eigenvalue weighted by atomic mass is 10.3. The normalized spacial score (nSPS) is 25.6. The van der Waals surface area contributed by atoms with Crippen LogP contribution < -0.4 is 0 Å². The van der Waals surface area contributed by atoms with E-state index in [0.717, 1.165) is 10.4 Å². The molecule has 1 aromatic rings. The van der Waals surface area contributed by atoms with Crippen LogP contribution in [0.4, 0.5) is 8.78 Å². The van der Waals surface area contributed by atoms with Gasteiger partial charge in [0.05, 0.1) is 17.1 Å². The molecule has 0 aromatic heterocycles. The smallest absolute Gasteiger partial charge is 0.243 e. The van der Waals surface area contributed by atoms with Crippen molar-refractivity contribution >= 4 is 10.0 Å². The molecule has 1 aliphatic rings. The Labute approximate surface area is 102 Å². The standard InChI is InChI=1S/C10H11F2NO4S/c11-7-2-1-6(3-8(7)12)18(16,17)13-4-9(14)10(15)5-13/h1-3,9-10,14-15H,4-5H2/t9-,10+. The fraction of sp³-hybridized carbons (Fsp3) is 0.400. The van der Waals surface area contributed by atoms with Crippen LogP contribution in [0.2, 0.25) is 0 Å². The van der Waals surface area contributed by atoms with E-state index in [1.54, 1.807) is 0 Å². The number of halogens is 2. The first kappa shape index (κ1) is 13.3. The van der Waals surface area contributed by atoms with Crippen molar-refractivity contribution in [3.63, 3.8) is 0 Å². The number of hydrogen-bond acceptors (Lipinski definition) is 4. The molecule has 18 heavy (non-hydrogen) atoms. The molecule has 1 saturated heterocycles. The number of sulfonamides is 1. The third kappa shape index (κ3) is 2.24. The first-order valence-corrected chi connectivity index (χ1v) is 6.57. The molecule has 1 aromatic carbocycles. The Balaban J connectivity index is 2.34. The maximum atomic E-state index is 13.0. The van der Waals surface area contributed by atoms with E-state index in [-0.39, 0.29) is 13.1 Å². The predicted molar refractivity (Wildman–Crippen MR) is 57.1 cm³/mol. The Morgan fingerprint density at radius 1 is 1.11 bits per heavy atom. The van der Waals surface area contributed by atoms with Crippen molar-refractivity contribution in [2.75, 3.05) is 13.1 Å². The van der Waals surface area contributed by atoms with Gasteiger partial charge in [0.2, 0.25) is 10.0 Å². The summed E-state index contributed by atoms with van der Waals surface area (Å²) >= 11 is 0. The molecule has 0 radical (unpaired) electrons. The van der Waals surface area contributed by atoms with E-state index in [2.05, 4.69) is 0 Å². The molecule has 100 valence electrons. The molecule has 0 aliphatic carbocycles. The van der Waals surface area contributed by atoms with Gasteiger partial charge in [-0.05, 0) is 18.2 Å². The second kappa shape index (κ2) is 4.54. The van der Waals surface area contributed by atoms with Crippen LogP contribution >= 0.6 is 0 Å². The molecule has 0 saturated carbocycles. The molecule has 1 fully saturated rings. The summed E-state index contributed by atoms with van der Waals surface area (Å²) in [7, 11) is -4.04. The molecular weight excluding hydrogens is 268 g/mol. The van der Waals surface area contributed by atoms with Crippen molar-refractivity contribution in [2.45, 2.75) is 17.1 Å². The fourth-order valence-electron chi connectivity index (χ4n) is 1.72. The second-order valence-electron chi connectivity index (χ2n) is 4.03. The van der Waals surface area contributed by atoms with Gasteiger partial charge in [0.25, 0.3) is 0 Å². The van der Waals surface area contributed by atoms with Gasteiger partial charge < -0.3 is 10.2 Å². The molecule has 0 bridgehead atoms. The van der Waals surface area contributed by atoms with Gasteiger partial charge >= 0.3 is 0 Å². The summed E-state index contributed by atoms with van der Waals surface area (Å²) in [6.07, 6.45) is -2.35. The average Bonchev–Trinajstić information content (AvgIpc) is 2.64. The molecule has 1 aliphatic heterocycles. The van der Waals surface area contributed by atoms with E-state index in [1.165, 1.54) is 0 Å². The number of benzene rings is 1. The lowest BCUT2D eigenvalue weighted by Crippen LogP contribution is -2.30. The lowest BCUT2D eigenvalue weighted by molar-refractivity contribution is 0.0572. The number of aliphatic hydroxyl groups excluding tert-OH is 2. The Morgan fingerprint density at radius 3 is 2.17 bits per heavy atom. The van der Waals surface area contributed by atoms with Crippen LogP contribution in [0.5, 0.6) is 0 Å². The lowest BCUT2D eigenvalue weighted by Gasteiger charge is -2.15. The maximum Gasteiger partial charge on any atom is 0.243 e. The summed E-state index contributed by atoms with van der Waals surface area (Å²) in [6.45, 7) is -0.551. The minimum Gasteiger partial charge on any atom is -0.389 e. The Morgan fingerprint density at radius 2 is 1.67 bits per heavy atom. The van der Waals surface area contributed by atoms with Gasteiger partial charge in [-0.25, -0.2) is 17.2 Å². The summed E-state index contributed by atoms with van der Waals surface area (Å²) in [5.41, 5.74) is 0. The van der Waals surface area contributed by atoms with Crippen LogP contribution in [0.15, 0.2) is 23.1 Å². The summed E-state index contributed by atoms with van der Waals surface area (Å²) in [5, 5.41) is 18.6. The Hall–Kier alpha value is -1.09. The molecular formula is C10H11F2NO4S. The van der Waals surface area contributed by atoms with Gasteiger partial charge in [-0.15, -0.1) is 0 Å². The molecule has 1 heterocycles. The predicted octanol–water partition coefficient (Wildman–Crippen LogP) is -0.309. The van der Waals surface area contributed by atoms with Crippen molar-refractivity contribution < 1.29 is 27.4 Å². The van der Waals surface area contributed by atoms with E-state index >= 15 is 0 Å². The molecule has 0 unspecified atom stereocenters. The van der Waals surface area contributed by atoms with Crippen LogP contribution in [-0.4, -0.2) is 48.2 Å². The minimum absolute atomic E-state index is 0.275. The van der Waals surface area contributed by atoms with Gasteiger partial charge in [-0.3, -0.25) is 0 Å². The van der Waals surface area contributed by atoms with Crippen molar-refractivity contribution in [3.05, 3.63) is 29.8 Å². The van der Waals surface area contributed by atoms with Gasteiger partial charge in [-0.1, -0.05) is 0 Å². The number of hydrogen-bond donors (Lipinski definition) is 2. The molecule has 2 N–H and O–H groups in total. The topological polar surface area (TPSA) is 77.8 Å². The maximum absolute atomic E-state index is 13.0. The molecule has 2 rings (SSSR count). The Kier molecular flexibility index (Phi) is 3.37. The minimum atomic E-state index is -4.04. The third-order valence-electron chi connectivity index (χ3n) is 2.75. The van der Waals surface area contributed by atoms with E-state index < -0.39 is 38.8 Å². The molecule has 2 atom stereocenters. The molecule has 0 amide bonds. The summed E-state index contributed by atoms with van der Waals surface area (Å²) < 4.78 is 50.6. The first-order chi connectivity index (χ1) is 8.32. The Bertz CT molecular complexity index is 553. The van der Waals surface area contributed by atoms with Gasteiger partial charge in [-0.2, -0.15) is 4.31 Å². The van der Waals surface area contributed by atoms with E-state index in [4.69, 9.17) is 0 Å². The molecule has 5 nitrogen and oxygen atoms in total. The monoisotopic (exact) mass is 279 g/mol. The van der Waals surface area contributed by atoms with Gasteiger partial charge in [0, 0.05) is 13.1 Å². The number of rotatable bonds is 2. The van der Waals surface area contributed by atoms with E-state index in [1.807, 2.05) is 0 Å². The van der Waals surface area contributed by atoms with E-state index in [9.17, 15) is 27.4 Å². The number of nitrogens with zero attached hydrogens (tertiary/aromatic N) is 1. The zero-order valence-electron chi connectivity index (χ0n) is 9.12. The summed E-state index contributed by atoms with van der Waals surface area (Å²) in [6, 6.07) is 2.22. The van der Waals surface area contributed by atoms with Gasteiger partial charge in [0.15, 0.2) is 11.6 Å². The average molecular weight is 279 g/mol. The van der Waals surface area contributed by atoms with Crippen molar-refractivity contribution in [1.29, 1.82) is 0 Å². The zero-order valence-corrected chi connectivity index (χ0v) is 9.94. The van der Waals surface area contributed by atoms with Crippen LogP contribution in [0.1, 0.15) is 0 Å². The van der Waals surface area contributed by atoms with E-state index in [0.29, 0.717) is 12.1 Å². The number of β-amino-alcohol motifs (C(OH)–C–C–N with tert-alkyl or cyclic N) is 2. The van der Waals surface area contributed by atoms with Crippen LogP contribution in [0.25, 0.3) is 0 Å². The highest BCUT2D eigenvalue weighted by Gasteiger charge is 2.37. The molecule has 8 heteroatoms. The molecule has 0 spiro atoms. The van der Waals surface area contributed by atoms with Gasteiger partial charge in [0.1, 0.15) is 0 Å². The largest absolute Gasteiger partial charge is 0.389 e. The van der Waals surface area contributed by atoms with Crippen molar-refractivity contribution in [3.8, 4) is 0 Å². The quantitative estimate of drug-likeness (QED) is 0.778. The number of aliphatic hydroxyl groups is 2. The fourth-order valence-corrected chi connectivity index (χ4v) is 3.21. The SMILES string of the molecule is O=S(=O)(c1ccc(F)c(F)c1)N1C[C@@H](O)[C@@H](O)C1. The summed E-state index contributed by atoms with van der Waals surface area (Å²) in [4.78, 5) is -0.414. The van der Waals surface area contributed by atoms with Crippen LogP contribution in [0, 0.1) is 11.6 Å². The van der Waals surface area contributed by atoms with Crippen molar-refractivity contribution in [2.24, 2.45) is 0 Å². The highest BCUT2D eigenvalue weighted by molar-refractivity contribution is 7.89. The van der Waals surface area contributed by atoms with Crippen LogP contribution in [0.3, 0.4) is 0 Å².